The Bertz CT molecular complexity index is 727. The van der Waals surface area contributed by atoms with Gasteiger partial charge in [0.1, 0.15) is 0 Å². The fourth-order valence-electron chi connectivity index (χ4n) is 3.83. The summed E-state index contributed by atoms with van der Waals surface area (Å²) in [6.07, 6.45) is 4.26. The molecular weight excluding hydrogens is 338 g/mol. The molecule has 1 saturated heterocycles. The molecule has 1 aliphatic rings. The molecule has 1 amide bonds. The first-order valence-electron chi connectivity index (χ1n) is 9.69. The summed E-state index contributed by atoms with van der Waals surface area (Å²) in [5.74, 6) is 0.554. The Morgan fingerprint density at radius 3 is 2.70 bits per heavy atom. The molecule has 6 heteroatoms. The number of hydrogen-bond acceptors (Lipinski definition) is 4. The number of nitrogens with zero attached hydrogens (tertiary/aromatic N) is 4. The van der Waals surface area contributed by atoms with E-state index in [9.17, 15) is 4.79 Å². The predicted octanol–water partition coefficient (Wildman–Crippen LogP) is 1.76. The molecule has 1 N–H and O–H groups in total. The number of carbonyl (C=O) groups is 1. The topological polar surface area (TPSA) is 53.4 Å². The molecule has 146 valence electrons. The van der Waals surface area contributed by atoms with Gasteiger partial charge in [-0.25, -0.2) is 0 Å². The number of aryl methyl sites for hydroxylation is 2. The zero-order valence-electron chi connectivity index (χ0n) is 16.6. The Hall–Kier alpha value is -2.18. The van der Waals surface area contributed by atoms with E-state index in [4.69, 9.17) is 0 Å². The summed E-state index contributed by atoms with van der Waals surface area (Å²) >= 11 is 0. The van der Waals surface area contributed by atoms with Crippen molar-refractivity contribution >= 4 is 5.91 Å². The highest BCUT2D eigenvalue weighted by Crippen LogP contribution is 2.20. The highest BCUT2D eigenvalue weighted by atomic mass is 16.1. The Morgan fingerprint density at radius 2 is 2.04 bits per heavy atom. The van der Waals surface area contributed by atoms with Crippen molar-refractivity contribution in [2.45, 2.75) is 32.5 Å². The average Bonchev–Trinajstić information content (AvgIpc) is 3.19. The number of benzene rings is 1. The van der Waals surface area contributed by atoms with Crippen molar-refractivity contribution in [2.75, 3.05) is 33.7 Å². The molecule has 0 aliphatic carbocycles. The molecule has 27 heavy (non-hydrogen) atoms. The van der Waals surface area contributed by atoms with Gasteiger partial charge in [0.2, 0.25) is 5.91 Å². The van der Waals surface area contributed by atoms with Gasteiger partial charge in [0.05, 0.1) is 6.20 Å². The van der Waals surface area contributed by atoms with Gasteiger partial charge < -0.3 is 10.2 Å². The fraction of sp³-hybridized carbons (Fsp3) is 0.524. The molecule has 0 unspecified atom stereocenters. The Labute approximate surface area is 162 Å². The Morgan fingerprint density at radius 1 is 1.26 bits per heavy atom. The molecule has 1 aromatic heterocycles. The van der Waals surface area contributed by atoms with Gasteiger partial charge in [-0.15, -0.1) is 0 Å². The second-order valence-corrected chi connectivity index (χ2v) is 7.91. The molecule has 1 aromatic carbocycles. The van der Waals surface area contributed by atoms with Gasteiger partial charge in [-0.2, -0.15) is 5.10 Å². The highest BCUT2D eigenvalue weighted by Gasteiger charge is 2.33. The SMILES string of the molecule is Cc1cnn(CCC(=O)N[C@@H]2CN(Cc3ccccc3)C[C@H]2CN(C)C)c1. The molecule has 1 aliphatic heterocycles. The van der Waals surface area contributed by atoms with E-state index in [1.165, 1.54) is 5.56 Å². The standard InChI is InChI=1S/C21H31N5O/c1-17-11-22-26(12-17)10-9-21(27)23-20-16-25(15-19(20)14-24(2)3)13-18-7-5-4-6-8-18/h4-8,11-12,19-20H,9-10,13-16H2,1-3H3,(H,23,27)/t19-,20-/m1/s1. The van der Waals surface area contributed by atoms with E-state index in [0.29, 0.717) is 18.9 Å². The maximum Gasteiger partial charge on any atom is 0.222 e. The van der Waals surface area contributed by atoms with Gasteiger partial charge in [-0.05, 0) is 32.1 Å². The molecule has 2 atom stereocenters. The van der Waals surface area contributed by atoms with Crippen molar-refractivity contribution in [3.63, 3.8) is 0 Å². The van der Waals surface area contributed by atoms with E-state index in [-0.39, 0.29) is 11.9 Å². The third kappa shape index (κ3) is 5.91. The molecule has 3 rings (SSSR count). The predicted molar refractivity (Wildman–Crippen MR) is 107 cm³/mol. The van der Waals surface area contributed by atoms with Crippen LogP contribution < -0.4 is 5.32 Å². The molecule has 1 fully saturated rings. The molecule has 0 radical (unpaired) electrons. The number of likely N-dealkylation sites (tertiary alicyclic amines) is 1. The Balaban J connectivity index is 1.54. The van der Waals surface area contributed by atoms with Gasteiger partial charge in [0.25, 0.3) is 0 Å². The van der Waals surface area contributed by atoms with Gasteiger partial charge in [0.15, 0.2) is 0 Å². The van der Waals surface area contributed by atoms with Crippen LogP contribution in [0.4, 0.5) is 0 Å². The highest BCUT2D eigenvalue weighted by molar-refractivity contribution is 5.76. The fourth-order valence-corrected chi connectivity index (χ4v) is 3.83. The summed E-state index contributed by atoms with van der Waals surface area (Å²) in [6.45, 7) is 6.46. The van der Waals surface area contributed by atoms with Crippen molar-refractivity contribution in [1.29, 1.82) is 0 Å². The first-order valence-corrected chi connectivity index (χ1v) is 9.69. The van der Waals surface area contributed by atoms with Crippen molar-refractivity contribution in [2.24, 2.45) is 5.92 Å². The van der Waals surface area contributed by atoms with Crippen molar-refractivity contribution in [1.82, 2.24) is 24.9 Å². The van der Waals surface area contributed by atoms with Crippen LogP contribution >= 0.6 is 0 Å². The monoisotopic (exact) mass is 369 g/mol. The second-order valence-electron chi connectivity index (χ2n) is 7.91. The van der Waals surface area contributed by atoms with Gasteiger partial charge in [0, 0.05) is 57.3 Å². The van der Waals surface area contributed by atoms with Crippen molar-refractivity contribution < 1.29 is 4.79 Å². The van der Waals surface area contributed by atoms with E-state index >= 15 is 0 Å². The van der Waals surface area contributed by atoms with Crippen LogP contribution in [0.2, 0.25) is 0 Å². The van der Waals surface area contributed by atoms with Crippen molar-refractivity contribution in [3.8, 4) is 0 Å². The summed E-state index contributed by atoms with van der Waals surface area (Å²) < 4.78 is 1.84. The lowest BCUT2D eigenvalue weighted by molar-refractivity contribution is -0.122. The zero-order chi connectivity index (χ0) is 19.2. The maximum atomic E-state index is 12.5. The summed E-state index contributed by atoms with van der Waals surface area (Å²) in [4.78, 5) is 17.2. The number of amides is 1. The lowest BCUT2D eigenvalue weighted by Gasteiger charge is -2.23. The molecular formula is C21H31N5O. The molecule has 0 saturated carbocycles. The number of carbonyl (C=O) groups excluding carboxylic acids is 1. The average molecular weight is 370 g/mol. The minimum absolute atomic E-state index is 0.110. The molecule has 2 aromatic rings. The van der Waals surface area contributed by atoms with Crippen LogP contribution in [0.1, 0.15) is 17.5 Å². The first kappa shape index (κ1) is 19.6. The van der Waals surface area contributed by atoms with Crippen LogP contribution in [0.3, 0.4) is 0 Å². The van der Waals surface area contributed by atoms with E-state index in [1.54, 1.807) is 0 Å². The summed E-state index contributed by atoms with van der Waals surface area (Å²) in [7, 11) is 4.19. The number of aromatic nitrogens is 2. The van der Waals surface area contributed by atoms with Crippen LogP contribution in [0.5, 0.6) is 0 Å². The largest absolute Gasteiger partial charge is 0.352 e. The van der Waals surface area contributed by atoms with Crippen LogP contribution in [0, 0.1) is 12.8 Å². The molecule has 0 spiro atoms. The molecule has 2 heterocycles. The normalized spacial score (nSPS) is 20.3. The van der Waals surface area contributed by atoms with Crippen LogP contribution in [0.15, 0.2) is 42.7 Å². The minimum Gasteiger partial charge on any atom is -0.352 e. The van der Waals surface area contributed by atoms with E-state index in [1.807, 2.05) is 30.1 Å². The van der Waals surface area contributed by atoms with Gasteiger partial charge in [-0.1, -0.05) is 30.3 Å². The van der Waals surface area contributed by atoms with Crippen LogP contribution in [0.25, 0.3) is 0 Å². The van der Waals surface area contributed by atoms with Gasteiger partial charge >= 0.3 is 0 Å². The van der Waals surface area contributed by atoms with Crippen LogP contribution in [-0.2, 0) is 17.9 Å². The number of hydrogen-bond donors (Lipinski definition) is 1. The van der Waals surface area contributed by atoms with Crippen molar-refractivity contribution in [3.05, 3.63) is 53.9 Å². The third-order valence-corrected chi connectivity index (χ3v) is 5.04. The second kappa shape index (κ2) is 9.15. The third-order valence-electron chi connectivity index (χ3n) is 5.04. The quantitative estimate of drug-likeness (QED) is 0.770. The summed E-state index contributed by atoms with van der Waals surface area (Å²) in [5, 5.41) is 7.53. The van der Waals surface area contributed by atoms with Gasteiger partial charge in [-0.3, -0.25) is 14.4 Å². The zero-order valence-corrected chi connectivity index (χ0v) is 16.6. The minimum atomic E-state index is 0.110. The number of rotatable bonds is 8. The summed E-state index contributed by atoms with van der Waals surface area (Å²) in [6, 6.07) is 10.7. The van der Waals surface area contributed by atoms with Crippen LogP contribution in [-0.4, -0.2) is 65.3 Å². The van der Waals surface area contributed by atoms with E-state index in [2.05, 4.69) is 58.6 Å². The molecule has 0 bridgehead atoms. The smallest absolute Gasteiger partial charge is 0.222 e. The lowest BCUT2D eigenvalue weighted by atomic mass is 10.0. The molecule has 6 nitrogen and oxygen atoms in total. The van der Waals surface area contributed by atoms with E-state index in [0.717, 1.165) is 31.7 Å². The van der Waals surface area contributed by atoms with E-state index < -0.39 is 0 Å². The summed E-state index contributed by atoms with van der Waals surface area (Å²) in [5.41, 5.74) is 2.44. The number of nitrogens with one attached hydrogen (secondary N) is 1. The Kier molecular flexibility index (Phi) is 6.63. The maximum absolute atomic E-state index is 12.5. The lowest BCUT2D eigenvalue weighted by Crippen LogP contribution is -2.43. The first-order chi connectivity index (χ1) is 13.0.